The van der Waals surface area contributed by atoms with E-state index in [0.717, 1.165) is 64.9 Å². The van der Waals surface area contributed by atoms with E-state index < -0.39 is 0 Å². The number of rotatable bonds is 11. The Kier molecular flexibility index (Phi) is 10.9. The van der Waals surface area contributed by atoms with E-state index in [1.807, 2.05) is 25.2 Å². The molecule has 0 saturated carbocycles. The minimum atomic E-state index is 0.425. The second-order valence-corrected chi connectivity index (χ2v) is 7.15. The molecule has 1 heterocycles. The number of nitrogens with zero attached hydrogens (tertiary/aromatic N) is 2. The number of unbranched alkanes of at least 4 members (excludes halogenated alkanes) is 1. The molecule has 6 nitrogen and oxygen atoms in total. The molecule has 0 radical (unpaired) electrons. The summed E-state index contributed by atoms with van der Waals surface area (Å²) in [5, 5.41) is 6.79. The van der Waals surface area contributed by atoms with Crippen molar-refractivity contribution in [3.8, 4) is 0 Å². The van der Waals surface area contributed by atoms with E-state index >= 15 is 0 Å². The Hall–Kier alpha value is -1.63. The van der Waals surface area contributed by atoms with E-state index in [2.05, 4.69) is 39.6 Å². The predicted octanol–water partition coefficient (Wildman–Crippen LogP) is 2.12. The molecule has 1 atom stereocenters. The predicted molar refractivity (Wildman–Crippen MR) is 111 cm³/mol. The topological polar surface area (TPSA) is 58.1 Å². The number of benzene rings is 1. The van der Waals surface area contributed by atoms with Gasteiger partial charge in [-0.15, -0.1) is 0 Å². The van der Waals surface area contributed by atoms with Crippen LogP contribution in [-0.2, 0) is 16.1 Å². The van der Waals surface area contributed by atoms with E-state index in [1.54, 1.807) is 0 Å². The highest BCUT2D eigenvalue weighted by atomic mass is 16.5. The monoisotopic (exact) mass is 376 g/mol. The van der Waals surface area contributed by atoms with Gasteiger partial charge in [0, 0.05) is 33.2 Å². The molecule has 6 heteroatoms. The molecule has 1 aliphatic rings. The van der Waals surface area contributed by atoms with E-state index in [1.165, 1.54) is 12.0 Å². The van der Waals surface area contributed by atoms with Gasteiger partial charge in [-0.25, -0.2) is 0 Å². The summed E-state index contributed by atoms with van der Waals surface area (Å²) >= 11 is 0. The fourth-order valence-corrected chi connectivity index (χ4v) is 2.99. The van der Waals surface area contributed by atoms with Gasteiger partial charge in [0.1, 0.15) is 0 Å². The Labute approximate surface area is 164 Å². The Morgan fingerprint density at radius 2 is 1.96 bits per heavy atom. The SMILES string of the molecule is CN=C(NCCCCN1CCOCC1)NCC(C)COCc1ccccc1. The van der Waals surface area contributed by atoms with Gasteiger partial charge in [0.25, 0.3) is 0 Å². The van der Waals surface area contributed by atoms with Crippen LogP contribution in [-0.4, -0.2) is 70.5 Å². The second-order valence-electron chi connectivity index (χ2n) is 7.15. The van der Waals surface area contributed by atoms with Crippen LogP contribution in [0.4, 0.5) is 0 Å². The molecule has 1 fully saturated rings. The Balaban J connectivity index is 1.48. The second kappa shape index (κ2) is 13.5. The zero-order valence-electron chi connectivity index (χ0n) is 17.0. The maximum Gasteiger partial charge on any atom is 0.190 e. The van der Waals surface area contributed by atoms with Crippen molar-refractivity contribution in [1.29, 1.82) is 0 Å². The molecule has 2 N–H and O–H groups in total. The first-order valence-corrected chi connectivity index (χ1v) is 10.1. The summed E-state index contributed by atoms with van der Waals surface area (Å²) in [5.74, 6) is 1.30. The molecule has 1 aliphatic heterocycles. The van der Waals surface area contributed by atoms with Gasteiger partial charge in [-0.05, 0) is 30.9 Å². The van der Waals surface area contributed by atoms with E-state index in [4.69, 9.17) is 9.47 Å². The molecule has 0 bridgehead atoms. The molecule has 0 aliphatic carbocycles. The van der Waals surface area contributed by atoms with Crippen LogP contribution in [0.3, 0.4) is 0 Å². The fraction of sp³-hybridized carbons (Fsp3) is 0.667. The van der Waals surface area contributed by atoms with Gasteiger partial charge in [-0.3, -0.25) is 9.89 Å². The van der Waals surface area contributed by atoms with Gasteiger partial charge >= 0.3 is 0 Å². The van der Waals surface area contributed by atoms with Gasteiger partial charge in [0.05, 0.1) is 26.4 Å². The standard InChI is InChI=1S/C21H36N4O2/c1-19(17-27-18-20-8-4-3-5-9-20)16-24-21(22-2)23-10-6-7-11-25-12-14-26-15-13-25/h3-5,8-9,19H,6-7,10-18H2,1-2H3,(H2,22,23,24). The average Bonchev–Trinajstić information content (AvgIpc) is 2.71. The first kappa shape index (κ1) is 21.7. The summed E-state index contributed by atoms with van der Waals surface area (Å²) in [4.78, 5) is 6.78. The smallest absolute Gasteiger partial charge is 0.190 e. The lowest BCUT2D eigenvalue weighted by Crippen LogP contribution is -2.41. The molecule has 1 aromatic rings. The molecule has 0 spiro atoms. The molecule has 27 heavy (non-hydrogen) atoms. The molecule has 0 amide bonds. The Bertz CT molecular complexity index is 518. The van der Waals surface area contributed by atoms with Crippen LogP contribution in [0.5, 0.6) is 0 Å². The molecule has 1 unspecified atom stereocenters. The lowest BCUT2D eigenvalue weighted by Gasteiger charge is -2.26. The summed E-state index contributed by atoms with van der Waals surface area (Å²) in [7, 11) is 1.82. The lowest BCUT2D eigenvalue weighted by molar-refractivity contribution is 0.0372. The van der Waals surface area contributed by atoms with Crippen LogP contribution < -0.4 is 10.6 Å². The van der Waals surface area contributed by atoms with Gasteiger partial charge in [-0.1, -0.05) is 37.3 Å². The summed E-state index contributed by atoms with van der Waals surface area (Å²) in [6.07, 6.45) is 2.35. The average molecular weight is 377 g/mol. The van der Waals surface area contributed by atoms with Crippen LogP contribution in [0, 0.1) is 5.92 Å². The third-order valence-electron chi connectivity index (χ3n) is 4.65. The number of guanidine groups is 1. The quantitative estimate of drug-likeness (QED) is 0.352. The molecule has 152 valence electrons. The lowest BCUT2D eigenvalue weighted by atomic mass is 10.2. The summed E-state index contributed by atoms with van der Waals surface area (Å²) in [5.41, 5.74) is 1.22. The van der Waals surface area contributed by atoms with Gasteiger partial charge in [0.2, 0.25) is 0 Å². The van der Waals surface area contributed by atoms with Crippen LogP contribution in [0.15, 0.2) is 35.3 Å². The third-order valence-corrected chi connectivity index (χ3v) is 4.65. The van der Waals surface area contributed by atoms with Crippen molar-refractivity contribution in [2.45, 2.75) is 26.4 Å². The number of aliphatic imine (C=N–C) groups is 1. The zero-order chi connectivity index (χ0) is 19.2. The Morgan fingerprint density at radius 3 is 2.70 bits per heavy atom. The van der Waals surface area contributed by atoms with Crippen molar-refractivity contribution >= 4 is 5.96 Å². The maximum absolute atomic E-state index is 5.80. The van der Waals surface area contributed by atoms with Crippen molar-refractivity contribution in [2.24, 2.45) is 10.9 Å². The van der Waals surface area contributed by atoms with E-state index in [0.29, 0.717) is 12.5 Å². The Morgan fingerprint density at radius 1 is 1.19 bits per heavy atom. The first-order valence-electron chi connectivity index (χ1n) is 10.1. The minimum absolute atomic E-state index is 0.425. The molecule has 1 aromatic carbocycles. The number of hydrogen-bond donors (Lipinski definition) is 2. The zero-order valence-corrected chi connectivity index (χ0v) is 17.0. The molecule has 0 aromatic heterocycles. The largest absolute Gasteiger partial charge is 0.379 e. The fourth-order valence-electron chi connectivity index (χ4n) is 2.99. The van der Waals surface area contributed by atoms with Gasteiger partial charge in [0.15, 0.2) is 5.96 Å². The summed E-state index contributed by atoms with van der Waals surface area (Å²) in [6, 6.07) is 10.3. The van der Waals surface area contributed by atoms with Crippen LogP contribution in [0.25, 0.3) is 0 Å². The van der Waals surface area contributed by atoms with E-state index in [-0.39, 0.29) is 0 Å². The highest BCUT2D eigenvalue weighted by molar-refractivity contribution is 5.79. The molecular weight excluding hydrogens is 340 g/mol. The third kappa shape index (κ3) is 9.75. The number of ether oxygens (including phenoxy) is 2. The first-order chi connectivity index (χ1) is 13.3. The van der Waals surface area contributed by atoms with Crippen LogP contribution in [0.1, 0.15) is 25.3 Å². The molecular formula is C21H36N4O2. The molecule has 1 saturated heterocycles. The van der Waals surface area contributed by atoms with Crippen molar-refractivity contribution in [3.63, 3.8) is 0 Å². The van der Waals surface area contributed by atoms with Gasteiger partial charge in [-0.2, -0.15) is 0 Å². The maximum atomic E-state index is 5.80. The summed E-state index contributed by atoms with van der Waals surface area (Å²) in [6.45, 7) is 10.4. The van der Waals surface area contributed by atoms with Crippen molar-refractivity contribution in [1.82, 2.24) is 15.5 Å². The minimum Gasteiger partial charge on any atom is -0.379 e. The highest BCUT2D eigenvalue weighted by Crippen LogP contribution is 2.03. The van der Waals surface area contributed by atoms with E-state index in [9.17, 15) is 0 Å². The van der Waals surface area contributed by atoms with Crippen LogP contribution in [0.2, 0.25) is 0 Å². The normalized spacial score (nSPS) is 16.9. The highest BCUT2D eigenvalue weighted by Gasteiger charge is 2.09. The van der Waals surface area contributed by atoms with Crippen LogP contribution >= 0.6 is 0 Å². The number of hydrogen-bond acceptors (Lipinski definition) is 4. The summed E-state index contributed by atoms with van der Waals surface area (Å²) < 4.78 is 11.2. The van der Waals surface area contributed by atoms with Crippen molar-refractivity contribution < 1.29 is 9.47 Å². The van der Waals surface area contributed by atoms with Gasteiger partial charge < -0.3 is 20.1 Å². The number of morpholine rings is 1. The van der Waals surface area contributed by atoms with Crippen molar-refractivity contribution in [2.75, 3.05) is 59.6 Å². The number of nitrogens with one attached hydrogen (secondary N) is 2. The van der Waals surface area contributed by atoms with Crippen molar-refractivity contribution in [3.05, 3.63) is 35.9 Å². The molecule has 2 rings (SSSR count).